The molecule has 4 heteroatoms. The molecule has 0 fully saturated rings. The summed E-state index contributed by atoms with van der Waals surface area (Å²) >= 11 is 0. The van der Waals surface area contributed by atoms with E-state index in [4.69, 9.17) is 9.97 Å². The Bertz CT molecular complexity index is 4070. The van der Waals surface area contributed by atoms with Gasteiger partial charge in [-0.25, -0.2) is 9.97 Å². The Hall–Kier alpha value is -8.60. The fourth-order valence-corrected chi connectivity index (χ4v) is 11.4. The van der Waals surface area contributed by atoms with Crippen LogP contribution in [0.1, 0.15) is 0 Å². The number of fused-ring (bicyclic) bond motifs is 8. The van der Waals surface area contributed by atoms with Crippen LogP contribution in [0, 0.1) is 0 Å². The van der Waals surface area contributed by atoms with Gasteiger partial charge >= 0.3 is 0 Å². The van der Waals surface area contributed by atoms with Crippen molar-refractivity contribution < 1.29 is 0 Å². The summed E-state index contributed by atoms with van der Waals surface area (Å²) in [5, 5.41) is 19.2. The lowest BCUT2D eigenvalue weighted by atomic mass is 9.90. The first-order valence-corrected chi connectivity index (χ1v) is 22.0. The van der Waals surface area contributed by atoms with Crippen LogP contribution in [0.2, 0.25) is 0 Å². The van der Waals surface area contributed by atoms with E-state index in [1.165, 1.54) is 64.6 Å². The lowest BCUT2D eigenvalue weighted by molar-refractivity contribution is 1.11. The lowest BCUT2D eigenvalue weighted by Gasteiger charge is -2.19. The second kappa shape index (κ2) is 12.5. The molecule has 0 atom stereocenters. The maximum Gasteiger partial charge on any atom is 0.147 e. The molecule has 0 aliphatic heterocycles. The number of aromatic nitrogens is 4. The lowest BCUT2D eigenvalue weighted by Crippen LogP contribution is -2.02. The van der Waals surface area contributed by atoms with E-state index in [-0.39, 0.29) is 0 Å². The molecule has 0 N–H and O–H groups in total. The molecule has 0 saturated carbocycles. The molecule has 15 rings (SSSR count). The fraction of sp³-hybridized carbons (Fsp3) is 0. The highest BCUT2D eigenvalue weighted by molar-refractivity contribution is 6.35. The zero-order valence-electron chi connectivity index (χ0n) is 34.4. The summed E-state index contributed by atoms with van der Waals surface area (Å²) in [5.74, 6) is 1.83. The molecule has 0 unspecified atom stereocenters. The Morgan fingerprint density at radius 1 is 0.250 bits per heavy atom. The molecule has 0 saturated heterocycles. The minimum Gasteiger partial charge on any atom is -0.292 e. The highest BCUT2D eigenvalue weighted by Gasteiger charge is 2.28. The quantitative estimate of drug-likeness (QED) is 0.131. The number of nitrogens with zero attached hydrogens (tertiary/aromatic N) is 4. The van der Waals surface area contributed by atoms with Crippen molar-refractivity contribution in [1.29, 1.82) is 0 Å². The third-order valence-electron chi connectivity index (χ3n) is 14.0. The monoisotopic (exact) mass is 810 g/mol. The van der Waals surface area contributed by atoms with E-state index in [0.717, 1.165) is 77.8 Å². The standard InChI is InChI=1S/C60H34N4/c1-3-19-39(20-4-1)63-57-47-29-13-17-37-33-31-35-15-11-27-45(49(35)51(37)47)55(57)61-59(63)53-41-23-7-9-25-43(41)54(44-26-10-8-24-42(44)53)60-62-56-46-28-12-16-36-32-34-38-18-14-30-48(52(38)50(36)46)58(56)64(60)40-21-5-2-6-22-40/h1-34H. The molecular formula is C60H34N4. The van der Waals surface area contributed by atoms with E-state index < -0.39 is 0 Å². The maximum atomic E-state index is 5.84. The van der Waals surface area contributed by atoms with Crippen LogP contribution in [0.15, 0.2) is 206 Å². The first kappa shape index (κ1) is 34.0. The molecule has 2 aromatic heterocycles. The van der Waals surface area contributed by atoms with Crippen LogP contribution in [0.3, 0.4) is 0 Å². The second-order valence-electron chi connectivity index (χ2n) is 17.2. The van der Waals surface area contributed by atoms with Gasteiger partial charge in [-0.05, 0) is 88.9 Å². The summed E-state index contributed by atoms with van der Waals surface area (Å²) in [6.45, 7) is 0. The van der Waals surface area contributed by atoms with Crippen LogP contribution in [0.25, 0.3) is 142 Å². The third kappa shape index (κ3) is 4.36. The molecule has 0 amide bonds. The van der Waals surface area contributed by atoms with Gasteiger partial charge in [0.25, 0.3) is 0 Å². The molecule has 0 aliphatic carbocycles. The van der Waals surface area contributed by atoms with Gasteiger partial charge in [-0.2, -0.15) is 0 Å². The molecule has 15 aromatic rings. The van der Waals surface area contributed by atoms with Gasteiger partial charge in [0.1, 0.15) is 11.6 Å². The first-order valence-electron chi connectivity index (χ1n) is 22.0. The molecule has 2 heterocycles. The zero-order valence-corrected chi connectivity index (χ0v) is 34.4. The van der Waals surface area contributed by atoms with E-state index >= 15 is 0 Å². The number of hydrogen-bond acceptors (Lipinski definition) is 2. The molecule has 0 radical (unpaired) electrons. The van der Waals surface area contributed by atoms with Gasteiger partial charge in [0, 0.05) is 44.0 Å². The van der Waals surface area contributed by atoms with Gasteiger partial charge in [-0.1, -0.05) is 182 Å². The number of para-hydroxylation sites is 2. The first-order chi connectivity index (χ1) is 31.8. The van der Waals surface area contributed by atoms with E-state index in [9.17, 15) is 0 Å². The summed E-state index contributed by atoms with van der Waals surface area (Å²) in [6, 6.07) is 75.2. The molecule has 4 nitrogen and oxygen atoms in total. The fourth-order valence-electron chi connectivity index (χ4n) is 11.4. The van der Waals surface area contributed by atoms with Crippen LogP contribution in [0.4, 0.5) is 0 Å². The van der Waals surface area contributed by atoms with Crippen molar-refractivity contribution in [1.82, 2.24) is 19.1 Å². The summed E-state index contributed by atoms with van der Waals surface area (Å²) in [5.41, 5.74) is 8.58. The van der Waals surface area contributed by atoms with Crippen molar-refractivity contribution >= 4 is 108 Å². The Labute approximate surface area is 366 Å². The van der Waals surface area contributed by atoms with E-state index in [1.807, 2.05) is 0 Å². The predicted molar refractivity (Wildman–Crippen MR) is 269 cm³/mol. The van der Waals surface area contributed by atoms with E-state index in [0.29, 0.717) is 0 Å². The van der Waals surface area contributed by atoms with Crippen LogP contribution < -0.4 is 0 Å². The molecular weight excluding hydrogens is 777 g/mol. The normalized spacial score (nSPS) is 12.4. The smallest absolute Gasteiger partial charge is 0.147 e. The summed E-state index contributed by atoms with van der Waals surface area (Å²) in [6.07, 6.45) is 0. The Morgan fingerprint density at radius 2 is 0.547 bits per heavy atom. The van der Waals surface area contributed by atoms with Crippen molar-refractivity contribution in [3.63, 3.8) is 0 Å². The molecule has 13 aromatic carbocycles. The number of imidazole rings is 2. The van der Waals surface area contributed by atoms with Crippen LogP contribution in [-0.2, 0) is 0 Å². The van der Waals surface area contributed by atoms with Crippen LogP contribution in [-0.4, -0.2) is 19.1 Å². The topological polar surface area (TPSA) is 35.6 Å². The third-order valence-corrected chi connectivity index (χ3v) is 14.0. The van der Waals surface area contributed by atoms with E-state index in [1.54, 1.807) is 0 Å². The van der Waals surface area contributed by atoms with Gasteiger partial charge in [-0.3, -0.25) is 9.13 Å². The van der Waals surface area contributed by atoms with Crippen LogP contribution in [0.5, 0.6) is 0 Å². The molecule has 294 valence electrons. The largest absolute Gasteiger partial charge is 0.292 e. The zero-order chi connectivity index (χ0) is 41.6. The van der Waals surface area contributed by atoms with Gasteiger partial charge in [0.2, 0.25) is 0 Å². The van der Waals surface area contributed by atoms with Gasteiger partial charge in [0.15, 0.2) is 0 Å². The van der Waals surface area contributed by atoms with Crippen molar-refractivity contribution in [3.05, 3.63) is 206 Å². The number of rotatable bonds is 4. The van der Waals surface area contributed by atoms with Gasteiger partial charge in [0.05, 0.1) is 22.1 Å². The van der Waals surface area contributed by atoms with Crippen molar-refractivity contribution in [3.8, 4) is 34.2 Å². The highest BCUT2D eigenvalue weighted by Crippen LogP contribution is 2.50. The molecule has 0 bridgehead atoms. The Balaban J connectivity index is 1.14. The minimum absolute atomic E-state index is 0.913. The van der Waals surface area contributed by atoms with Crippen LogP contribution >= 0.6 is 0 Å². The second-order valence-corrected chi connectivity index (χ2v) is 17.2. The summed E-state index contributed by atoms with van der Waals surface area (Å²) in [4.78, 5) is 11.7. The van der Waals surface area contributed by atoms with E-state index in [2.05, 4.69) is 215 Å². The van der Waals surface area contributed by atoms with Gasteiger partial charge < -0.3 is 0 Å². The Kier molecular flexibility index (Phi) is 6.65. The van der Waals surface area contributed by atoms with Crippen molar-refractivity contribution in [2.75, 3.05) is 0 Å². The Morgan fingerprint density at radius 3 is 0.906 bits per heavy atom. The average molecular weight is 811 g/mol. The number of hydrogen-bond donors (Lipinski definition) is 0. The molecule has 0 spiro atoms. The molecule has 64 heavy (non-hydrogen) atoms. The maximum absolute atomic E-state index is 5.84. The van der Waals surface area contributed by atoms with Crippen molar-refractivity contribution in [2.24, 2.45) is 0 Å². The minimum atomic E-state index is 0.913. The average Bonchev–Trinajstić information content (AvgIpc) is 3.96. The SMILES string of the molecule is c1ccc(-n2c(-c3c4ccccc4c(-c4nc5c6cccc7ccc8cccc(c8c76)c5n4-c4ccccc4)c4ccccc34)nc3c4cccc5ccc6cccc(c6c54)c32)cc1. The summed E-state index contributed by atoms with van der Waals surface area (Å²) < 4.78 is 4.85. The molecule has 0 aliphatic rings. The highest BCUT2D eigenvalue weighted by atomic mass is 15.1. The summed E-state index contributed by atoms with van der Waals surface area (Å²) in [7, 11) is 0. The predicted octanol–water partition coefficient (Wildman–Crippen LogP) is 15.8. The number of benzene rings is 13. The van der Waals surface area contributed by atoms with Crippen molar-refractivity contribution in [2.45, 2.75) is 0 Å². The van der Waals surface area contributed by atoms with Gasteiger partial charge in [-0.15, -0.1) is 0 Å².